The van der Waals surface area contributed by atoms with Gasteiger partial charge in [0.15, 0.2) is 11.5 Å². The Labute approximate surface area is 115 Å². The molecule has 1 aromatic carbocycles. The average molecular weight is 274 g/mol. The van der Waals surface area contributed by atoms with Crippen molar-refractivity contribution >= 4 is 12.2 Å². The summed E-state index contributed by atoms with van der Waals surface area (Å²) in [6.07, 6.45) is 3.32. The molecule has 104 valence electrons. The summed E-state index contributed by atoms with van der Waals surface area (Å²) in [6.45, 7) is 0. The van der Waals surface area contributed by atoms with E-state index in [-0.39, 0.29) is 11.5 Å². The fraction of sp³-hybridized carbons (Fsp3) is 0.133. The number of hydrogen-bond acceptors (Lipinski definition) is 5. The van der Waals surface area contributed by atoms with Gasteiger partial charge in [0.05, 0.1) is 20.3 Å². The number of rotatable bonds is 4. The summed E-state index contributed by atoms with van der Waals surface area (Å²) in [7, 11) is 3.12. The number of hydrogen-bond donors (Lipinski definition) is 1. The van der Waals surface area contributed by atoms with Crippen molar-refractivity contribution in [1.29, 1.82) is 0 Å². The molecule has 0 saturated heterocycles. The molecule has 1 N–H and O–H groups in total. The van der Waals surface area contributed by atoms with Crippen LogP contribution in [0.3, 0.4) is 0 Å². The molecule has 1 heterocycles. The molecule has 0 aliphatic rings. The predicted molar refractivity (Wildman–Crippen MR) is 75.1 cm³/mol. The van der Waals surface area contributed by atoms with Crippen LogP contribution in [0, 0.1) is 0 Å². The van der Waals surface area contributed by atoms with Crippen molar-refractivity contribution in [2.45, 2.75) is 0 Å². The second-order valence-corrected chi connectivity index (χ2v) is 3.98. The maximum absolute atomic E-state index is 11.1. The Morgan fingerprint density at radius 2 is 1.80 bits per heavy atom. The Hall–Kier alpha value is -2.69. The van der Waals surface area contributed by atoms with E-state index < -0.39 is 5.63 Å². The molecule has 2 rings (SSSR count). The molecule has 20 heavy (non-hydrogen) atoms. The molecular weight excluding hydrogens is 260 g/mol. The van der Waals surface area contributed by atoms with E-state index in [1.165, 1.54) is 6.07 Å². The summed E-state index contributed by atoms with van der Waals surface area (Å²) in [6, 6.07) is 7.76. The van der Waals surface area contributed by atoms with Gasteiger partial charge in [-0.1, -0.05) is 12.1 Å². The zero-order valence-electron chi connectivity index (χ0n) is 11.1. The third kappa shape index (κ3) is 3.20. The number of ether oxygens (including phenoxy) is 2. The van der Waals surface area contributed by atoms with Gasteiger partial charge in [0.2, 0.25) is 0 Å². The highest BCUT2D eigenvalue weighted by atomic mass is 16.5. The fourth-order valence-electron chi connectivity index (χ4n) is 1.70. The number of benzene rings is 1. The van der Waals surface area contributed by atoms with E-state index >= 15 is 0 Å². The Balaban J connectivity index is 2.29. The Morgan fingerprint density at radius 3 is 2.45 bits per heavy atom. The predicted octanol–water partition coefficient (Wildman–Crippen LogP) is 2.53. The lowest BCUT2D eigenvalue weighted by atomic mass is 10.1. The van der Waals surface area contributed by atoms with E-state index in [0.717, 1.165) is 11.6 Å². The molecular formula is C15H14O5. The number of methoxy groups -OCH3 is 2. The summed E-state index contributed by atoms with van der Waals surface area (Å²) in [4.78, 5) is 11.1. The highest BCUT2D eigenvalue weighted by Gasteiger charge is 2.03. The van der Waals surface area contributed by atoms with Gasteiger partial charge in [-0.25, -0.2) is 4.79 Å². The second-order valence-electron chi connectivity index (χ2n) is 3.98. The van der Waals surface area contributed by atoms with Gasteiger partial charge in [0.25, 0.3) is 0 Å². The van der Waals surface area contributed by atoms with Crippen molar-refractivity contribution in [2.24, 2.45) is 0 Å². The summed E-state index contributed by atoms with van der Waals surface area (Å²) in [5.74, 6) is 1.37. The van der Waals surface area contributed by atoms with Gasteiger partial charge in [-0.05, 0) is 23.8 Å². The number of aromatic hydroxyl groups is 1. The molecule has 2 aromatic rings. The summed E-state index contributed by atoms with van der Waals surface area (Å²) < 4.78 is 15.3. The molecule has 0 aliphatic heterocycles. The second kappa shape index (κ2) is 5.97. The van der Waals surface area contributed by atoms with Crippen LogP contribution < -0.4 is 15.1 Å². The van der Waals surface area contributed by atoms with Crippen LogP contribution in [-0.4, -0.2) is 19.3 Å². The monoisotopic (exact) mass is 274 g/mol. The molecule has 5 heteroatoms. The van der Waals surface area contributed by atoms with Crippen molar-refractivity contribution in [1.82, 2.24) is 0 Å². The summed E-state index contributed by atoms with van der Waals surface area (Å²) in [5.41, 5.74) is 0.241. The van der Waals surface area contributed by atoms with Crippen molar-refractivity contribution < 1.29 is 19.0 Å². The third-order valence-corrected chi connectivity index (χ3v) is 2.62. The summed E-state index contributed by atoms with van der Waals surface area (Å²) in [5, 5.41) is 9.31. The molecule has 0 bridgehead atoms. The zero-order chi connectivity index (χ0) is 14.5. The largest absolute Gasteiger partial charge is 0.508 e. The van der Waals surface area contributed by atoms with Crippen LogP contribution >= 0.6 is 0 Å². The minimum absolute atomic E-state index is 0.131. The Morgan fingerprint density at radius 1 is 1.05 bits per heavy atom. The first-order valence-electron chi connectivity index (χ1n) is 5.86. The van der Waals surface area contributed by atoms with Crippen LogP contribution in [0.25, 0.3) is 12.2 Å². The van der Waals surface area contributed by atoms with Gasteiger partial charge in [0.1, 0.15) is 11.5 Å². The molecule has 0 radical (unpaired) electrons. The van der Waals surface area contributed by atoms with Gasteiger partial charge in [-0.2, -0.15) is 0 Å². The normalized spacial score (nSPS) is 10.7. The van der Waals surface area contributed by atoms with E-state index in [9.17, 15) is 9.90 Å². The molecule has 0 amide bonds. The molecule has 0 spiro atoms. The molecule has 0 unspecified atom stereocenters. The van der Waals surface area contributed by atoms with Gasteiger partial charge < -0.3 is 19.0 Å². The average Bonchev–Trinajstić information content (AvgIpc) is 2.43. The third-order valence-electron chi connectivity index (χ3n) is 2.62. The molecule has 0 fully saturated rings. The molecule has 5 nitrogen and oxygen atoms in total. The van der Waals surface area contributed by atoms with Crippen LogP contribution in [0.4, 0.5) is 0 Å². The van der Waals surface area contributed by atoms with Crippen molar-refractivity contribution in [3.8, 4) is 17.2 Å². The van der Waals surface area contributed by atoms with Crippen LogP contribution in [0.2, 0.25) is 0 Å². The van der Waals surface area contributed by atoms with Crippen LogP contribution in [0.1, 0.15) is 11.3 Å². The molecule has 1 aromatic heterocycles. The summed E-state index contributed by atoms with van der Waals surface area (Å²) >= 11 is 0. The minimum Gasteiger partial charge on any atom is -0.508 e. The molecule has 0 aliphatic carbocycles. The van der Waals surface area contributed by atoms with E-state index in [1.54, 1.807) is 38.5 Å². The van der Waals surface area contributed by atoms with Gasteiger partial charge in [-0.3, -0.25) is 0 Å². The first-order valence-corrected chi connectivity index (χ1v) is 5.86. The lowest BCUT2D eigenvalue weighted by Crippen LogP contribution is -1.95. The smallest absolute Gasteiger partial charge is 0.339 e. The van der Waals surface area contributed by atoms with E-state index in [0.29, 0.717) is 11.5 Å². The fourth-order valence-corrected chi connectivity index (χ4v) is 1.70. The Bertz CT molecular complexity index is 685. The SMILES string of the molecule is COc1ccc(/C=C/c2cc(O)cc(=O)o2)cc1OC. The van der Waals surface area contributed by atoms with Gasteiger partial charge >= 0.3 is 5.63 Å². The molecule has 0 atom stereocenters. The van der Waals surface area contributed by atoms with Crippen LogP contribution in [0.15, 0.2) is 39.5 Å². The van der Waals surface area contributed by atoms with Crippen molar-refractivity contribution in [3.63, 3.8) is 0 Å². The maximum atomic E-state index is 11.1. The molecule has 0 saturated carbocycles. The topological polar surface area (TPSA) is 68.9 Å². The maximum Gasteiger partial charge on any atom is 0.339 e. The lowest BCUT2D eigenvalue weighted by molar-refractivity contribution is 0.355. The lowest BCUT2D eigenvalue weighted by Gasteiger charge is -2.07. The first kappa shape index (κ1) is 13.7. The Kier molecular flexibility index (Phi) is 4.10. The zero-order valence-corrected chi connectivity index (χ0v) is 11.1. The van der Waals surface area contributed by atoms with Crippen LogP contribution in [0.5, 0.6) is 17.2 Å². The van der Waals surface area contributed by atoms with Gasteiger partial charge in [-0.15, -0.1) is 0 Å². The van der Waals surface area contributed by atoms with Crippen molar-refractivity contribution in [2.75, 3.05) is 14.2 Å². The quantitative estimate of drug-likeness (QED) is 0.927. The van der Waals surface area contributed by atoms with E-state index in [2.05, 4.69) is 0 Å². The first-order chi connectivity index (χ1) is 9.62. The van der Waals surface area contributed by atoms with Crippen LogP contribution in [-0.2, 0) is 0 Å². The highest BCUT2D eigenvalue weighted by molar-refractivity contribution is 5.69. The standard InChI is InChI=1S/C15H14O5/c1-18-13-6-4-10(7-14(13)19-2)3-5-12-8-11(16)9-15(17)20-12/h3-9,16H,1-2H3/b5-3+. The van der Waals surface area contributed by atoms with Crippen molar-refractivity contribution in [3.05, 3.63) is 52.1 Å². The van der Waals surface area contributed by atoms with E-state index in [4.69, 9.17) is 13.9 Å². The highest BCUT2D eigenvalue weighted by Crippen LogP contribution is 2.28. The van der Waals surface area contributed by atoms with E-state index in [1.807, 2.05) is 6.07 Å². The minimum atomic E-state index is -0.600. The van der Waals surface area contributed by atoms with Gasteiger partial charge in [0, 0.05) is 6.07 Å².